The molecule has 4 rings (SSSR count). The Morgan fingerprint density at radius 3 is 2.33 bits per heavy atom. The van der Waals surface area contributed by atoms with Gasteiger partial charge in [-0.05, 0) is 48.1 Å². The van der Waals surface area contributed by atoms with Crippen LogP contribution in [0.1, 0.15) is 53.1 Å². The van der Waals surface area contributed by atoms with Gasteiger partial charge < -0.3 is 4.90 Å². The zero-order valence-electron chi connectivity index (χ0n) is 12.1. The minimum atomic E-state index is 0.124. The Morgan fingerprint density at radius 2 is 1.62 bits per heavy atom. The second-order valence-corrected chi connectivity index (χ2v) is 6.12. The molecule has 0 N–H and O–H groups in total. The molecule has 0 saturated heterocycles. The minimum absolute atomic E-state index is 0.124. The van der Waals surface area contributed by atoms with Gasteiger partial charge in [0.1, 0.15) is 0 Å². The molecular formula is C19H19NO. The lowest BCUT2D eigenvalue weighted by Crippen LogP contribution is -2.22. The van der Waals surface area contributed by atoms with Crippen molar-refractivity contribution in [1.29, 1.82) is 0 Å². The van der Waals surface area contributed by atoms with Crippen molar-refractivity contribution < 1.29 is 4.79 Å². The Morgan fingerprint density at radius 1 is 0.905 bits per heavy atom. The number of nitrogens with zero attached hydrogens (tertiary/aromatic N) is 1. The monoisotopic (exact) mass is 277 g/mol. The number of hydrogen-bond acceptors (Lipinski definition) is 1. The summed E-state index contributed by atoms with van der Waals surface area (Å²) in [5.41, 5.74) is 4.41. The molecule has 106 valence electrons. The van der Waals surface area contributed by atoms with E-state index in [1.54, 1.807) is 0 Å². The number of carbonyl (C=O) groups is 1. The molecule has 1 aliphatic carbocycles. The van der Waals surface area contributed by atoms with E-state index >= 15 is 0 Å². The maximum Gasteiger partial charge on any atom is 0.258 e. The highest BCUT2D eigenvalue weighted by Crippen LogP contribution is 2.35. The smallest absolute Gasteiger partial charge is 0.258 e. The van der Waals surface area contributed by atoms with E-state index in [1.165, 1.54) is 31.2 Å². The molecule has 2 nitrogen and oxygen atoms in total. The first-order valence-corrected chi connectivity index (χ1v) is 7.83. The number of rotatable bonds is 2. The third-order valence-electron chi connectivity index (χ3n) is 4.85. The van der Waals surface area contributed by atoms with Gasteiger partial charge in [0.05, 0.1) is 6.54 Å². The van der Waals surface area contributed by atoms with Crippen LogP contribution in [0.3, 0.4) is 0 Å². The van der Waals surface area contributed by atoms with Gasteiger partial charge in [-0.2, -0.15) is 0 Å². The summed E-state index contributed by atoms with van der Waals surface area (Å²) < 4.78 is 0. The van der Waals surface area contributed by atoms with Crippen molar-refractivity contribution in [3.8, 4) is 0 Å². The summed E-state index contributed by atoms with van der Waals surface area (Å²) >= 11 is 0. The lowest BCUT2D eigenvalue weighted by atomic mass is 9.97. The van der Waals surface area contributed by atoms with Crippen LogP contribution in [0.2, 0.25) is 0 Å². The fourth-order valence-electron chi connectivity index (χ4n) is 3.65. The molecule has 0 unspecified atom stereocenters. The van der Waals surface area contributed by atoms with E-state index in [0.717, 1.165) is 22.7 Å². The zero-order chi connectivity index (χ0) is 14.2. The van der Waals surface area contributed by atoms with Crippen molar-refractivity contribution in [3.63, 3.8) is 0 Å². The van der Waals surface area contributed by atoms with Gasteiger partial charge in [-0.15, -0.1) is 0 Å². The standard InChI is InChI=1S/C19H19NO/c21-19-18-8-4-3-7-16(18)13-20(19)17-11-9-15(10-12-17)14-5-1-2-6-14/h3-4,7-12,14H,1-2,5-6,13H2. The number of anilines is 1. The fraction of sp³-hybridized carbons (Fsp3) is 0.316. The van der Waals surface area contributed by atoms with Crippen LogP contribution in [0.25, 0.3) is 0 Å². The number of fused-ring (bicyclic) bond motifs is 1. The van der Waals surface area contributed by atoms with E-state index in [1.807, 2.05) is 29.2 Å². The van der Waals surface area contributed by atoms with E-state index in [-0.39, 0.29) is 5.91 Å². The first-order valence-electron chi connectivity index (χ1n) is 7.83. The highest BCUT2D eigenvalue weighted by atomic mass is 16.2. The van der Waals surface area contributed by atoms with E-state index in [9.17, 15) is 4.79 Å². The Balaban J connectivity index is 1.59. The summed E-state index contributed by atoms with van der Waals surface area (Å²) in [6, 6.07) is 16.5. The molecular weight excluding hydrogens is 258 g/mol. The van der Waals surface area contributed by atoms with Crippen molar-refractivity contribution in [2.75, 3.05) is 4.90 Å². The molecule has 1 fully saturated rings. The fourth-order valence-corrected chi connectivity index (χ4v) is 3.65. The summed E-state index contributed by atoms with van der Waals surface area (Å²) in [7, 11) is 0. The van der Waals surface area contributed by atoms with E-state index in [0.29, 0.717) is 6.54 Å². The number of amides is 1. The lowest BCUT2D eigenvalue weighted by Gasteiger charge is -2.17. The largest absolute Gasteiger partial charge is 0.304 e. The molecule has 1 heterocycles. The summed E-state index contributed by atoms with van der Waals surface area (Å²) in [5.74, 6) is 0.852. The van der Waals surface area contributed by atoms with Gasteiger partial charge in [-0.25, -0.2) is 0 Å². The Bertz CT molecular complexity index is 668. The molecule has 2 heteroatoms. The van der Waals surface area contributed by atoms with Gasteiger partial charge in [-0.1, -0.05) is 43.2 Å². The second-order valence-electron chi connectivity index (χ2n) is 6.12. The van der Waals surface area contributed by atoms with E-state index < -0.39 is 0 Å². The summed E-state index contributed by atoms with van der Waals surface area (Å²) in [4.78, 5) is 14.3. The number of carbonyl (C=O) groups excluding carboxylic acids is 1. The molecule has 0 spiro atoms. The molecule has 0 bridgehead atoms. The molecule has 0 atom stereocenters. The van der Waals surface area contributed by atoms with Gasteiger partial charge in [0.25, 0.3) is 5.91 Å². The van der Waals surface area contributed by atoms with Crippen LogP contribution in [0, 0.1) is 0 Å². The molecule has 1 aliphatic heterocycles. The normalized spacial score (nSPS) is 18.3. The van der Waals surface area contributed by atoms with E-state index in [4.69, 9.17) is 0 Å². The van der Waals surface area contributed by atoms with Crippen molar-refractivity contribution in [2.24, 2.45) is 0 Å². The molecule has 2 aliphatic rings. The predicted molar refractivity (Wildman–Crippen MR) is 84.6 cm³/mol. The van der Waals surface area contributed by atoms with Crippen molar-refractivity contribution in [1.82, 2.24) is 0 Å². The quantitative estimate of drug-likeness (QED) is 0.791. The molecule has 0 aromatic heterocycles. The lowest BCUT2D eigenvalue weighted by molar-refractivity contribution is 0.0996. The van der Waals surface area contributed by atoms with Gasteiger partial charge >= 0.3 is 0 Å². The molecule has 1 amide bonds. The Labute approximate surface area is 125 Å². The molecule has 1 saturated carbocycles. The van der Waals surface area contributed by atoms with Gasteiger partial charge in [0, 0.05) is 11.3 Å². The first-order chi connectivity index (χ1) is 10.3. The third-order valence-corrected chi connectivity index (χ3v) is 4.85. The maximum atomic E-state index is 12.5. The predicted octanol–water partition coefficient (Wildman–Crippen LogP) is 4.50. The van der Waals surface area contributed by atoms with Crippen LogP contribution in [0.15, 0.2) is 48.5 Å². The van der Waals surface area contributed by atoms with Gasteiger partial charge in [-0.3, -0.25) is 4.79 Å². The highest BCUT2D eigenvalue weighted by molar-refractivity contribution is 6.09. The zero-order valence-corrected chi connectivity index (χ0v) is 12.1. The topological polar surface area (TPSA) is 20.3 Å². The average Bonchev–Trinajstić information content (AvgIpc) is 3.17. The number of benzene rings is 2. The van der Waals surface area contributed by atoms with Gasteiger partial charge in [0.2, 0.25) is 0 Å². The van der Waals surface area contributed by atoms with Gasteiger partial charge in [0.15, 0.2) is 0 Å². The second kappa shape index (κ2) is 5.03. The molecule has 0 radical (unpaired) electrons. The average molecular weight is 277 g/mol. The Kier molecular flexibility index (Phi) is 3.03. The van der Waals surface area contributed by atoms with Crippen LogP contribution in [-0.4, -0.2) is 5.91 Å². The van der Waals surface area contributed by atoms with E-state index in [2.05, 4.69) is 24.3 Å². The highest BCUT2D eigenvalue weighted by Gasteiger charge is 2.28. The summed E-state index contributed by atoms with van der Waals surface area (Å²) in [6.45, 7) is 0.692. The molecule has 2 aromatic rings. The minimum Gasteiger partial charge on any atom is -0.304 e. The van der Waals surface area contributed by atoms with Crippen LogP contribution < -0.4 is 4.90 Å². The maximum absolute atomic E-state index is 12.5. The first kappa shape index (κ1) is 12.6. The van der Waals surface area contributed by atoms with Crippen LogP contribution in [0.4, 0.5) is 5.69 Å². The molecule has 2 aromatic carbocycles. The summed E-state index contributed by atoms with van der Waals surface area (Å²) in [5, 5.41) is 0. The third kappa shape index (κ3) is 2.15. The SMILES string of the molecule is O=C1c2ccccc2CN1c1ccc(C2CCCC2)cc1. The van der Waals surface area contributed by atoms with Crippen molar-refractivity contribution in [2.45, 2.75) is 38.1 Å². The van der Waals surface area contributed by atoms with Crippen molar-refractivity contribution in [3.05, 3.63) is 65.2 Å². The summed E-state index contributed by atoms with van der Waals surface area (Å²) in [6.07, 6.45) is 5.33. The Hall–Kier alpha value is -2.09. The number of hydrogen-bond donors (Lipinski definition) is 0. The van der Waals surface area contributed by atoms with Crippen molar-refractivity contribution >= 4 is 11.6 Å². The van der Waals surface area contributed by atoms with Crippen LogP contribution >= 0.6 is 0 Å². The van der Waals surface area contributed by atoms with Crippen LogP contribution in [0.5, 0.6) is 0 Å². The molecule has 21 heavy (non-hydrogen) atoms. The van der Waals surface area contributed by atoms with Crippen LogP contribution in [-0.2, 0) is 6.54 Å².